The molecule has 6 rings (SSSR count). The molecule has 0 saturated heterocycles. The number of nitrogens with zero attached hydrogens (tertiary/aromatic N) is 4. The number of aromatic nitrogens is 4. The van der Waals surface area contributed by atoms with Gasteiger partial charge in [-0.25, -0.2) is 9.97 Å². The molecule has 0 aliphatic carbocycles. The Kier molecular flexibility index (Phi) is 9.52. The van der Waals surface area contributed by atoms with Gasteiger partial charge in [-0.2, -0.15) is 0 Å². The monoisotopic (exact) mass is 620 g/mol. The van der Waals surface area contributed by atoms with Crippen LogP contribution in [0.2, 0.25) is 0 Å². The summed E-state index contributed by atoms with van der Waals surface area (Å²) >= 11 is 3.58. The molecule has 0 amide bonds. The minimum Gasteiger partial charge on any atom is -0.384 e. The molecule has 4 aromatic heterocycles. The van der Waals surface area contributed by atoms with Crippen molar-refractivity contribution < 1.29 is 0 Å². The topological polar surface area (TPSA) is 104 Å². The van der Waals surface area contributed by atoms with Crippen LogP contribution in [-0.4, -0.2) is 19.9 Å². The molecular weight excluding hydrogens is 596 g/mol. The predicted molar refractivity (Wildman–Crippen MR) is 176 cm³/mol. The number of hydrogen-bond acceptors (Lipinski definition) is 6. The third kappa shape index (κ3) is 8.14. The molecule has 0 bridgehead atoms. The van der Waals surface area contributed by atoms with Crippen molar-refractivity contribution >= 4 is 27.6 Å². The number of halogens is 1. The highest BCUT2D eigenvalue weighted by Crippen LogP contribution is 2.31. The summed E-state index contributed by atoms with van der Waals surface area (Å²) in [5, 5.41) is 0. The molecular formula is C36H25BrN6. The Morgan fingerprint density at radius 3 is 1.65 bits per heavy atom. The summed E-state index contributed by atoms with van der Waals surface area (Å²) in [6.45, 7) is 0. The first-order chi connectivity index (χ1) is 21.0. The van der Waals surface area contributed by atoms with Gasteiger partial charge >= 0.3 is 0 Å². The highest BCUT2D eigenvalue weighted by Gasteiger charge is 2.10. The molecule has 2 aromatic carbocycles. The standard InChI is InChI=1S/C18H12BrN3.C18H13N3/c19-18-15(14-8-10-21-11-9-14)12-17(20)22-16(18)7-6-13-4-2-1-3-5-13;19-18-13-16(15-8-10-20-11-9-15)12-17(21-18)7-6-14-4-2-1-3-5-14/h1-5,8-12H,(H2,20,22);1-5,8-13H,(H2,19,21). The molecule has 4 heterocycles. The maximum absolute atomic E-state index is 5.92. The number of pyridine rings is 4. The van der Waals surface area contributed by atoms with Crippen molar-refractivity contribution in [3.63, 3.8) is 0 Å². The fourth-order valence-corrected chi connectivity index (χ4v) is 4.54. The first kappa shape index (κ1) is 28.8. The zero-order valence-corrected chi connectivity index (χ0v) is 24.5. The Hall–Kier alpha value is -5.76. The number of anilines is 2. The Balaban J connectivity index is 0.000000171. The van der Waals surface area contributed by atoms with Gasteiger partial charge in [-0.3, -0.25) is 9.97 Å². The second-order valence-corrected chi connectivity index (χ2v) is 9.92. The van der Waals surface area contributed by atoms with Crippen LogP contribution in [0.5, 0.6) is 0 Å². The number of nitrogen functional groups attached to an aromatic ring is 2. The second-order valence-electron chi connectivity index (χ2n) is 9.13. The van der Waals surface area contributed by atoms with Crippen molar-refractivity contribution in [3.05, 3.63) is 155 Å². The maximum Gasteiger partial charge on any atom is 0.130 e. The van der Waals surface area contributed by atoms with Crippen molar-refractivity contribution in [1.29, 1.82) is 0 Å². The summed E-state index contributed by atoms with van der Waals surface area (Å²) in [7, 11) is 0. The SMILES string of the molecule is Nc1cc(-c2ccncc2)c(Br)c(C#Cc2ccccc2)n1.Nc1cc(-c2ccncc2)cc(C#Cc2ccccc2)n1. The van der Waals surface area contributed by atoms with Crippen LogP contribution < -0.4 is 11.5 Å². The van der Waals surface area contributed by atoms with E-state index in [1.807, 2.05) is 103 Å². The fourth-order valence-electron chi connectivity index (χ4n) is 4.01. The molecule has 0 radical (unpaired) electrons. The number of benzene rings is 2. The molecule has 0 unspecified atom stereocenters. The predicted octanol–water partition coefficient (Wildman–Crippen LogP) is 7.01. The largest absolute Gasteiger partial charge is 0.384 e. The van der Waals surface area contributed by atoms with E-state index in [0.29, 0.717) is 23.0 Å². The third-order valence-corrected chi connectivity index (χ3v) is 6.84. The van der Waals surface area contributed by atoms with E-state index in [2.05, 4.69) is 59.5 Å². The number of rotatable bonds is 2. The molecule has 7 heteroatoms. The Bertz CT molecular complexity index is 1940. The van der Waals surface area contributed by atoms with Crippen LogP contribution in [0.4, 0.5) is 11.6 Å². The summed E-state index contributed by atoms with van der Waals surface area (Å²) in [6.07, 6.45) is 6.99. The Morgan fingerprint density at radius 1 is 0.512 bits per heavy atom. The van der Waals surface area contributed by atoms with Gasteiger partial charge in [-0.1, -0.05) is 48.2 Å². The van der Waals surface area contributed by atoms with Crippen molar-refractivity contribution in [3.8, 4) is 45.9 Å². The maximum atomic E-state index is 5.92. The smallest absolute Gasteiger partial charge is 0.130 e. The highest BCUT2D eigenvalue weighted by atomic mass is 79.9. The van der Waals surface area contributed by atoms with Gasteiger partial charge in [0.2, 0.25) is 0 Å². The Morgan fingerprint density at radius 2 is 1.05 bits per heavy atom. The third-order valence-electron chi connectivity index (χ3n) is 6.04. The molecule has 43 heavy (non-hydrogen) atoms. The highest BCUT2D eigenvalue weighted by molar-refractivity contribution is 9.10. The average molecular weight is 622 g/mol. The quantitative estimate of drug-likeness (QED) is 0.202. The van der Waals surface area contributed by atoms with Crippen LogP contribution in [0.15, 0.2) is 132 Å². The van der Waals surface area contributed by atoms with Gasteiger partial charge in [0, 0.05) is 41.5 Å². The molecule has 6 nitrogen and oxygen atoms in total. The lowest BCUT2D eigenvalue weighted by molar-refractivity contribution is 1.27. The van der Waals surface area contributed by atoms with Gasteiger partial charge in [0.25, 0.3) is 0 Å². The van der Waals surface area contributed by atoms with Crippen molar-refractivity contribution in [2.24, 2.45) is 0 Å². The molecule has 0 saturated carbocycles. The van der Waals surface area contributed by atoms with E-state index in [1.54, 1.807) is 24.8 Å². The van der Waals surface area contributed by atoms with Crippen LogP contribution in [0.3, 0.4) is 0 Å². The molecule has 0 aliphatic heterocycles. The van der Waals surface area contributed by atoms with Crippen LogP contribution in [0.1, 0.15) is 22.5 Å². The van der Waals surface area contributed by atoms with Gasteiger partial charge in [0.1, 0.15) is 23.0 Å². The molecule has 0 aliphatic rings. The van der Waals surface area contributed by atoms with E-state index in [4.69, 9.17) is 11.5 Å². The molecule has 4 N–H and O–H groups in total. The van der Waals surface area contributed by atoms with E-state index in [1.165, 1.54) is 0 Å². The van der Waals surface area contributed by atoms with Gasteiger partial charge < -0.3 is 11.5 Å². The molecule has 0 spiro atoms. The van der Waals surface area contributed by atoms with Crippen LogP contribution in [-0.2, 0) is 0 Å². The summed E-state index contributed by atoms with van der Waals surface area (Å²) in [5.41, 5.74) is 19.0. The summed E-state index contributed by atoms with van der Waals surface area (Å²) in [5.74, 6) is 13.2. The van der Waals surface area contributed by atoms with E-state index < -0.39 is 0 Å². The first-order valence-corrected chi connectivity index (χ1v) is 14.0. The summed E-state index contributed by atoms with van der Waals surface area (Å²) in [6, 6.07) is 32.9. The van der Waals surface area contributed by atoms with Crippen molar-refractivity contribution in [2.75, 3.05) is 11.5 Å². The first-order valence-electron chi connectivity index (χ1n) is 13.2. The van der Waals surface area contributed by atoms with Gasteiger partial charge in [-0.05, 0) is 111 Å². The van der Waals surface area contributed by atoms with Crippen molar-refractivity contribution in [2.45, 2.75) is 0 Å². The number of nitrogens with two attached hydrogens (primary N) is 2. The van der Waals surface area contributed by atoms with Crippen molar-refractivity contribution in [1.82, 2.24) is 19.9 Å². The zero-order valence-electron chi connectivity index (χ0n) is 22.9. The van der Waals surface area contributed by atoms with E-state index in [9.17, 15) is 0 Å². The van der Waals surface area contributed by atoms with Crippen LogP contribution >= 0.6 is 15.9 Å². The average Bonchev–Trinajstić information content (AvgIpc) is 3.06. The van der Waals surface area contributed by atoms with Gasteiger partial charge in [0.05, 0.1) is 4.47 Å². The van der Waals surface area contributed by atoms with Gasteiger partial charge in [0.15, 0.2) is 0 Å². The minimum atomic E-state index is 0.437. The Labute approximate surface area is 259 Å². The van der Waals surface area contributed by atoms with Crippen LogP contribution in [0.25, 0.3) is 22.3 Å². The molecule has 0 atom stereocenters. The lowest BCUT2D eigenvalue weighted by Crippen LogP contribution is -1.96. The van der Waals surface area contributed by atoms with Gasteiger partial charge in [-0.15, -0.1) is 0 Å². The molecule has 206 valence electrons. The zero-order chi connectivity index (χ0) is 29.9. The summed E-state index contributed by atoms with van der Waals surface area (Å²) < 4.78 is 0.830. The second kappa shape index (κ2) is 14.2. The minimum absolute atomic E-state index is 0.437. The molecule has 6 aromatic rings. The van der Waals surface area contributed by atoms with E-state index in [-0.39, 0.29) is 0 Å². The lowest BCUT2D eigenvalue weighted by Gasteiger charge is -2.07. The van der Waals surface area contributed by atoms with E-state index >= 15 is 0 Å². The number of hydrogen-bond donors (Lipinski definition) is 2. The molecule has 0 fully saturated rings. The van der Waals surface area contributed by atoms with E-state index in [0.717, 1.165) is 37.9 Å². The lowest BCUT2D eigenvalue weighted by atomic mass is 10.1. The summed E-state index contributed by atoms with van der Waals surface area (Å²) in [4.78, 5) is 16.6. The normalized spacial score (nSPS) is 9.79. The fraction of sp³-hybridized carbons (Fsp3) is 0. The van der Waals surface area contributed by atoms with Crippen LogP contribution in [0, 0.1) is 23.7 Å².